The van der Waals surface area contributed by atoms with Gasteiger partial charge in [0.25, 0.3) is 0 Å². The Morgan fingerprint density at radius 3 is 1.78 bits per heavy atom. The lowest BCUT2D eigenvalue weighted by atomic mass is 9.62. The van der Waals surface area contributed by atoms with E-state index in [1.54, 1.807) is 0 Å². The second-order valence-electron chi connectivity index (χ2n) is 7.20. The van der Waals surface area contributed by atoms with Crippen molar-refractivity contribution in [2.45, 2.75) is 50.0 Å². The third kappa shape index (κ3) is 2.83. The number of ether oxygens (including phenoxy) is 1. The normalized spacial score (nSPS) is 24.6. The Morgan fingerprint density at radius 2 is 1.30 bits per heavy atom. The minimum absolute atomic E-state index is 0.192. The molecule has 2 aromatic carbocycles. The van der Waals surface area contributed by atoms with Crippen molar-refractivity contribution < 1.29 is 4.74 Å². The summed E-state index contributed by atoms with van der Waals surface area (Å²) in [5.41, 5.74) is 3.16. The summed E-state index contributed by atoms with van der Waals surface area (Å²) in [5.74, 6) is 0.762. The largest absolute Gasteiger partial charge is 0.378 e. The fourth-order valence-electron chi connectivity index (χ4n) is 4.74. The predicted molar refractivity (Wildman–Crippen MR) is 94.6 cm³/mol. The molecular formula is C22H26O. The average Bonchev–Trinajstić information content (AvgIpc) is 3.18. The highest BCUT2D eigenvalue weighted by atomic mass is 16.5. The summed E-state index contributed by atoms with van der Waals surface area (Å²) in [6.07, 6.45) is 8.11. The topological polar surface area (TPSA) is 9.23 Å². The van der Waals surface area contributed by atoms with Crippen molar-refractivity contribution in [3.63, 3.8) is 0 Å². The molecule has 1 saturated heterocycles. The van der Waals surface area contributed by atoms with Gasteiger partial charge in [-0.1, -0.05) is 60.7 Å². The predicted octanol–water partition coefficient (Wildman–Crippen LogP) is 5.34. The van der Waals surface area contributed by atoms with Crippen molar-refractivity contribution >= 4 is 0 Å². The van der Waals surface area contributed by atoms with Gasteiger partial charge >= 0.3 is 0 Å². The molecule has 23 heavy (non-hydrogen) atoms. The van der Waals surface area contributed by atoms with E-state index in [1.807, 2.05) is 0 Å². The molecule has 0 amide bonds. The fourth-order valence-corrected chi connectivity index (χ4v) is 4.74. The van der Waals surface area contributed by atoms with Crippen LogP contribution >= 0.6 is 0 Å². The van der Waals surface area contributed by atoms with Crippen LogP contribution < -0.4 is 0 Å². The van der Waals surface area contributed by atoms with Crippen LogP contribution in [-0.2, 0) is 10.2 Å². The van der Waals surface area contributed by atoms with Gasteiger partial charge in [0.2, 0.25) is 0 Å². The van der Waals surface area contributed by atoms with E-state index in [9.17, 15) is 0 Å². The first-order valence-electron chi connectivity index (χ1n) is 9.11. The van der Waals surface area contributed by atoms with Gasteiger partial charge < -0.3 is 4.74 Å². The molecule has 4 rings (SSSR count). The van der Waals surface area contributed by atoms with Gasteiger partial charge in [0.15, 0.2) is 0 Å². The molecule has 1 aliphatic carbocycles. The molecule has 1 unspecified atom stereocenters. The van der Waals surface area contributed by atoms with Crippen molar-refractivity contribution in [1.82, 2.24) is 0 Å². The molecule has 2 aliphatic rings. The first-order valence-corrected chi connectivity index (χ1v) is 9.11. The van der Waals surface area contributed by atoms with Gasteiger partial charge in [0.1, 0.15) is 0 Å². The minimum Gasteiger partial charge on any atom is -0.378 e. The molecule has 1 nitrogen and oxygen atoms in total. The van der Waals surface area contributed by atoms with Gasteiger partial charge in [-0.2, -0.15) is 0 Å². The van der Waals surface area contributed by atoms with Gasteiger partial charge in [-0.25, -0.2) is 0 Å². The standard InChI is InChI=1S/C22H26O/c1-3-8-19(9-4-1)22(20-10-5-2-6-11-20)15-13-18(14-16-22)21-12-7-17-23-21/h1-6,8-11,18,21H,7,12-17H2. The molecule has 1 heteroatoms. The van der Waals surface area contributed by atoms with Crippen molar-refractivity contribution in [3.8, 4) is 0 Å². The Kier molecular flexibility index (Phi) is 4.22. The Labute approximate surface area is 139 Å². The van der Waals surface area contributed by atoms with Crippen LogP contribution in [0.1, 0.15) is 49.7 Å². The first kappa shape index (κ1) is 15.0. The molecule has 0 spiro atoms. The van der Waals surface area contributed by atoms with Crippen LogP contribution in [0.4, 0.5) is 0 Å². The maximum Gasteiger partial charge on any atom is 0.0604 e. The number of benzene rings is 2. The van der Waals surface area contributed by atoms with E-state index < -0.39 is 0 Å². The summed E-state index contributed by atoms with van der Waals surface area (Å²) < 4.78 is 5.97. The molecule has 1 saturated carbocycles. The average molecular weight is 306 g/mol. The highest BCUT2D eigenvalue weighted by Crippen LogP contribution is 2.48. The molecule has 120 valence electrons. The van der Waals surface area contributed by atoms with E-state index in [0.717, 1.165) is 12.5 Å². The molecule has 0 radical (unpaired) electrons. The second kappa shape index (κ2) is 6.49. The Bertz CT molecular complexity index is 563. The van der Waals surface area contributed by atoms with E-state index in [0.29, 0.717) is 6.10 Å². The summed E-state index contributed by atoms with van der Waals surface area (Å²) >= 11 is 0. The number of hydrogen-bond donors (Lipinski definition) is 0. The van der Waals surface area contributed by atoms with E-state index in [-0.39, 0.29) is 5.41 Å². The minimum atomic E-state index is 0.192. The van der Waals surface area contributed by atoms with Crippen LogP contribution in [0.5, 0.6) is 0 Å². The van der Waals surface area contributed by atoms with E-state index >= 15 is 0 Å². The molecule has 1 aliphatic heterocycles. The second-order valence-corrected chi connectivity index (χ2v) is 7.20. The summed E-state index contributed by atoms with van der Waals surface area (Å²) in [5, 5.41) is 0. The summed E-state index contributed by atoms with van der Waals surface area (Å²) in [6.45, 7) is 0.976. The molecule has 0 N–H and O–H groups in total. The summed E-state index contributed by atoms with van der Waals surface area (Å²) in [6, 6.07) is 22.3. The van der Waals surface area contributed by atoms with Gasteiger partial charge in [0, 0.05) is 12.0 Å². The van der Waals surface area contributed by atoms with Crippen molar-refractivity contribution in [2.75, 3.05) is 6.61 Å². The molecule has 2 aromatic rings. The van der Waals surface area contributed by atoms with E-state index in [2.05, 4.69) is 60.7 Å². The summed E-state index contributed by atoms with van der Waals surface area (Å²) in [7, 11) is 0. The molecule has 2 fully saturated rings. The maximum atomic E-state index is 5.97. The molecule has 0 bridgehead atoms. The number of rotatable bonds is 3. The highest BCUT2D eigenvalue weighted by molar-refractivity contribution is 5.39. The van der Waals surface area contributed by atoms with Crippen molar-refractivity contribution in [3.05, 3.63) is 71.8 Å². The van der Waals surface area contributed by atoms with Gasteiger partial charge in [0.05, 0.1) is 6.10 Å². The molecule has 1 atom stereocenters. The van der Waals surface area contributed by atoms with Gasteiger partial charge in [-0.3, -0.25) is 0 Å². The first-order chi connectivity index (χ1) is 11.4. The zero-order valence-electron chi connectivity index (χ0n) is 13.8. The van der Waals surface area contributed by atoms with Crippen LogP contribution in [0.25, 0.3) is 0 Å². The highest BCUT2D eigenvalue weighted by Gasteiger charge is 2.40. The van der Waals surface area contributed by atoms with Crippen LogP contribution in [0, 0.1) is 5.92 Å². The smallest absolute Gasteiger partial charge is 0.0604 e. The zero-order valence-corrected chi connectivity index (χ0v) is 13.8. The SMILES string of the molecule is c1ccc(C2(c3ccccc3)CCC(C3CCCO3)CC2)cc1. The number of hydrogen-bond acceptors (Lipinski definition) is 1. The lowest BCUT2D eigenvalue weighted by Crippen LogP contribution is -2.36. The van der Waals surface area contributed by atoms with E-state index in [4.69, 9.17) is 4.74 Å². The Balaban J connectivity index is 1.63. The summed E-state index contributed by atoms with van der Waals surface area (Å²) in [4.78, 5) is 0. The third-order valence-electron chi connectivity index (χ3n) is 6.03. The third-order valence-corrected chi connectivity index (χ3v) is 6.03. The van der Waals surface area contributed by atoms with Crippen molar-refractivity contribution in [1.29, 1.82) is 0 Å². The van der Waals surface area contributed by atoms with Crippen LogP contribution in [0.2, 0.25) is 0 Å². The monoisotopic (exact) mass is 306 g/mol. The van der Waals surface area contributed by atoms with Crippen molar-refractivity contribution in [2.24, 2.45) is 5.92 Å². The van der Waals surface area contributed by atoms with Crippen LogP contribution in [-0.4, -0.2) is 12.7 Å². The van der Waals surface area contributed by atoms with Crippen LogP contribution in [0.15, 0.2) is 60.7 Å². The Morgan fingerprint density at radius 1 is 0.739 bits per heavy atom. The maximum absolute atomic E-state index is 5.97. The Hall–Kier alpha value is -1.60. The quantitative estimate of drug-likeness (QED) is 0.743. The van der Waals surface area contributed by atoms with Gasteiger partial charge in [-0.15, -0.1) is 0 Å². The molecule has 1 heterocycles. The fraction of sp³-hybridized carbons (Fsp3) is 0.455. The molecule has 0 aromatic heterocycles. The lowest BCUT2D eigenvalue weighted by molar-refractivity contribution is 0.0396. The van der Waals surface area contributed by atoms with Crippen LogP contribution in [0.3, 0.4) is 0 Å². The lowest BCUT2D eigenvalue weighted by Gasteiger charge is -2.42. The molecular weight excluding hydrogens is 280 g/mol. The van der Waals surface area contributed by atoms with E-state index in [1.165, 1.54) is 49.7 Å². The zero-order chi connectivity index (χ0) is 15.5. The van der Waals surface area contributed by atoms with Gasteiger partial charge in [-0.05, 0) is 55.6 Å².